The van der Waals surface area contributed by atoms with Gasteiger partial charge in [-0.1, -0.05) is 6.07 Å². The molecule has 1 amide bonds. The third-order valence-corrected chi connectivity index (χ3v) is 4.01. The van der Waals surface area contributed by atoms with Crippen molar-refractivity contribution in [3.05, 3.63) is 72.4 Å². The number of nitrogens with one attached hydrogen (secondary N) is 2. The average molecular weight is 362 g/mol. The lowest BCUT2D eigenvalue weighted by Gasteiger charge is -2.13. The first-order valence-electron chi connectivity index (χ1n) is 8.51. The zero-order chi connectivity index (χ0) is 19.2. The normalized spacial score (nSPS) is 10.2. The first kappa shape index (κ1) is 18.3. The molecule has 0 radical (unpaired) electrons. The lowest BCUT2D eigenvalue weighted by Crippen LogP contribution is -2.13. The minimum Gasteiger partial charge on any atom is -0.497 e. The summed E-state index contributed by atoms with van der Waals surface area (Å²) in [7, 11) is 5.58. The van der Waals surface area contributed by atoms with Crippen molar-refractivity contribution < 1.29 is 9.53 Å². The highest BCUT2D eigenvalue weighted by atomic mass is 16.5. The lowest BCUT2D eigenvalue weighted by atomic mass is 10.2. The summed E-state index contributed by atoms with van der Waals surface area (Å²) in [4.78, 5) is 18.7. The molecule has 3 aromatic rings. The summed E-state index contributed by atoms with van der Waals surface area (Å²) < 4.78 is 5.14. The highest BCUT2D eigenvalue weighted by Gasteiger charge is 2.08. The van der Waals surface area contributed by atoms with Crippen LogP contribution in [0, 0.1) is 0 Å². The fourth-order valence-electron chi connectivity index (χ4n) is 2.50. The summed E-state index contributed by atoms with van der Waals surface area (Å²) in [6.07, 6.45) is 1.68. The Balaban J connectivity index is 1.63. The van der Waals surface area contributed by atoms with Crippen LogP contribution in [0.1, 0.15) is 10.4 Å². The summed E-state index contributed by atoms with van der Waals surface area (Å²) in [5.41, 5.74) is 3.45. The Morgan fingerprint density at radius 2 is 1.74 bits per heavy atom. The number of aromatic nitrogens is 1. The van der Waals surface area contributed by atoms with E-state index in [1.165, 1.54) is 0 Å². The molecule has 6 heteroatoms. The standard InChI is InChI=1S/C21H22N4O2/c1-25(2)18-10-7-16(8-11-18)23-17-9-12-20(22-14-17)24-21(26)15-5-4-6-19(13-15)27-3/h4-14,23H,1-3H3,(H,22,24,26). The van der Waals surface area contributed by atoms with E-state index in [0.717, 1.165) is 17.1 Å². The van der Waals surface area contributed by atoms with E-state index in [2.05, 4.69) is 15.6 Å². The molecule has 138 valence electrons. The molecule has 0 unspecified atom stereocenters. The number of anilines is 4. The van der Waals surface area contributed by atoms with E-state index in [9.17, 15) is 4.79 Å². The molecule has 0 atom stereocenters. The van der Waals surface area contributed by atoms with Gasteiger partial charge < -0.3 is 20.3 Å². The zero-order valence-corrected chi connectivity index (χ0v) is 15.6. The van der Waals surface area contributed by atoms with Gasteiger partial charge in [-0.15, -0.1) is 0 Å². The Morgan fingerprint density at radius 3 is 2.37 bits per heavy atom. The highest BCUT2D eigenvalue weighted by Crippen LogP contribution is 2.21. The number of carbonyl (C=O) groups excluding carboxylic acids is 1. The van der Waals surface area contributed by atoms with Crippen molar-refractivity contribution in [2.75, 3.05) is 36.7 Å². The average Bonchev–Trinajstić information content (AvgIpc) is 2.70. The van der Waals surface area contributed by atoms with E-state index in [1.54, 1.807) is 43.6 Å². The fraction of sp³-hybridized carbons (Fsp3) is 0.143. The molecule has 1 heterocycles. The van der Waals surface area contributed by atoms with Crippen molar-refractivity contribution >= 4 is 28.8 Å². The van der Waals surface area contributed by atoms with E-state index in [1.807, 2.05) is 49.3 Å². The Kier molecular flexibility index (Phi) is 5.56. The van der Waals surface area contributed by atoms with E-state index >= 15 is 0 Å². The Labute approximate surface area is 158 Å². The first-order valence-corrected chi connectivity index (χ1v) is 8.51. The molecule has 6 nitrogen and oxygen atoms in total. The lowest BCUT2D eigenvalue weighted by molar-refractivity contribution is 0.102. The largest absolute Gasteiger partial charge is 0.497 e. The Bertz CT molecular complexity index is 906. The van der Waals surface area contributed by atoms with Crippen LogP contribution >= 0.6 is 0 Å². The minimum absolute atomic E-state index is 0.235. The monoisotopic (exact) mass is 362 g/mol. The topological polar surface area (TPSA) is 66.5 Å². The summed E-state index contributed by atoms with van der Waals surface area (Å²) in [6.45, 7) is 0. The number of ether oxygens (including phenoxy) is 1. The van der Waals surface area contributed by atoms with Gasteiger partial charge in [-0.3, -0.25) is 4.79 Å². The van der Waals surface area contributed by atoms with Gasteiger partial charge in [0.1, 0.15) is 11.6 Å². The van der Waals surface area contributed by atoms with Crippen molar-refractivity contribution in [3.8, 4) is 5.75 Å². The van der Waals surface area contributed by atoms with Crippen LogP contribution in [-0.4, -0.2) is 32.1 Å². The van der Waals surface area contributed by atoms with Gasteiger partial charge in [0.25, 0.3) is 5.91 Å². The van der Waals surface area contributed by atoms with Crippen LogP contribution < -0.4 is 20.3 Å². The molecule has 0 saturated carbocycles. The van der Waals surface area contributed by atoms with Crippen LogP contribution in [0.5, 0.6) is 5.75 Å². The molecule has 0 spiro atoms. The van der Waals surface area contributed by atoms with Gasteiger partial charge in [0.15, 0.2) is 0 Å². The minimum atomic E-state index is -0.235. The fourth-order valence-corrected chi connectivity index (χ4v) is 2.50. The van der Waals surface area contributed by atoms with Gasteiger partial charge in [0, 0.05) is 31.0 Å². The Morgan fingerprint density at radius 1 is 1.00 bits per heavy atom. The quantitative estimate of drug-likeness (QED) is 0.689. The zero-order valence-electron chi connectivity index (χ0n) is 15.6. The molecule has 27 heavy (non-hydrogen) atoms. The van der Waals surface area contributed by atoms with Crippen molar-refractivity contribution in [1.29, 1.82) is 0 Å². The van der Waals surface area contributed by atoms with E-state index in [-0.39, 0.29) is 5.91 Å². The number of nitrogens with zero attached hydrogens (tertiary/aromatic N) is 2. The van der Waals surface area contributed by atoms with E-state index in [4.69, 9.17) is 4.74 Å². The smallest absolute Gasteiger partial charge is 0.256 e. The maximum atomic E-state index is 12.3. The third kappa shape index (κ3) is 4.76. The van der Waals surface area contributed by atoms with Crippen LogP contribution in [0.25, 0.3) is 0 Å². The summed E-state index contributed by atoms with van der Waals surface area (Å²) in [5.74, 6) is 0.883. The highest BCUT2D eigenvalue weighted by molar-refractivity contribution is 6.04. The molecule has 0 aliphatic heterocycles. The molecule has 0 saturated heterocycles. The number of pyridine rings is 1. The summed E-state index contributed by atoms with van der Waals surface area (Å²) in [6, 6.07) is 18.7. The molecular formula is C21H22N4O2. The number of methoxy groups -OCH3 is 1. The van der Waals surface area contributed by atoms with Gasteiger partial charge in [-0.25, -0.2) is 4.98 Å². The number of rotatable bonds is 6. The van der Waals surface area contributed by atoms with Gasteiger partial charge in [0.05, 0.1) is 19.0 Å². The van der Waals surface area contributed by atoms with Gasteiger partial charge in [-0.05, 0) is 54.6 Å². The van der Waals surface area contributed by atoms with Crippen LogP contribution in [0.4, 0.5) is 22.9 Å². The SMILES string of the molecule is COc1cccc(C(=O)Nc2ccc(Nc3ccc(N(C)C)cc3)cn2)c1. The molecule has 2 N–H and O–H groups in total. The summed E-state index contributed by atoms with van der Waals surface area (Å²) in [5, 5.41) is 6.07. The molecule has 2 aromatic carbocycles. The molecule has 1 aromatic heterocycles. The van der Waals surface area contributed by atoms with Crippen LogP contribution in [0.3, 0.4) is 0 Å². The second kappa shape index (κ2) is 8.23. The number of benzene rings is 2. The van der Waals surface area contributed by atoms with Crippen LogP contribution in [-0.2, 0) is 0 Å². The van der Waals surface area contributed by atoms with Gasteiger partial charge >= 0.3 is 0 Å². The molecule has 3 rings (SSSR count). The van der Waals surface area contributed by atoms with Crippen molar-refractivity contribution in [1.82, 2.24) is 4.98 Å². The molecule has 0 aliphatic carbocycles. The van der Waals surface area contributed by atoms with Crippen LogP contribution in [0.2, 0.25) is 0 Å². The second-order valence-electron chi connectivity index (χ2n) is 6.18. The van der Waals surface area contributed by atoms with E-state index in [0.29, 0.717) is 17.1 Å². The molecule has 0 bridgehead atoms. The molecule has 0 aliphatic rings. The number of amides is 1. The predicted octanol–water partition coefficient (Wildman–Crippen LogP) is 4.15. The van der Waals surface area contributed by atoms with Crippen molar-refractivity contribution in [2.24, 2.45) is 0 Å². The van der Waals surface area contributed by atoms with Crippen molar-refractivity contribution in [2.45, 2.75) is 0 Å². The number of carbonyl (C=O) groups is 1. The van der Waals surface area contributed by atoms with Crippen molar-refractivity contribution in [3.63, 3.8) is 0 Å². The van der Waals surface area contributed by atoms with Gasteiger partial charge in [-0.2, -0.15) is 0 Å². The summed E-state index contributed by atoms with van der Waals surface area (Å²) >= 11 is 0. The third-order valence-electron chi connectivity index (χ3n) is 4.01. The number of hydrogen-bond acceptors (Lipinski definition) is 5. The first-order chi connectivity index (χ1) is 13.0. The van der Waals surface area contributed by atoms with Crippen LogP contribution in [0.15, 0.2) is 66.9 Å². The Hall–Kier alpha value is -3.54. The van der Waals surface area contributed by atoms with Gasteiger partial charge in [0.2, 0.25) is 0 Å². The number of hydrogen-bond donors (Lipinski definition) is 2. The maximum absolute atomic E-state index is 12.3. The molecule has 0 fully saturated rings. The maximum Gasteiger partial charge on any atom is 0.256 e. The molecular weight excluding hydrogens is 340 g/mol. The predicted molar refractivity (Wildman–Crippen MR) is 109 cm³/mol. The second-order valence-corrected chi connectivity index (χ2v) is 6.18. The van der Waals surface area contributed by atoms with E-state index < -0.39 is 0 Å².